The molecule has 16 heavy (non-hydrogen) atoms. The highest BCUT2D eigenvalue weighted by Crippen LogP contribution is 2.19. The first-order valence-electron chi connectivity index (χ1n) is 5.61. The number of nitrogens with zero attached hydrogens (tertiary/aromatic N) is 1. The molecular formula is C12H17N3O. The van der Waals surface area contributed by atoms with E-state index in [0.717, 1.165) is 41.7 Å². The zero-order valence-electron chi connectivity index (χ0n) is 9.49. The number of fused-ring (bicyclic) bond motifs is 1. The molecule has 0 saturated heterocycles. The summed E-state index contributed by atoms with van der Waals surface area (Å²) in [7, 11) is 0. The van der Waals surface area contributed by atoms with Crippen molar-refractivity contribution < 1.29 is 4.74 Å². The quantitative estimate of drug-likeness (QED) is 0.599. The summed E-state index contributed by atoms with van der Waals surface area (Å²) in [5, 5.41) is 8.27. The van der Waals surface area contributed by atoms with E-state index < -0.39 is 0 Å². The molecule has 0 atom stereocenters. The fraction of sp³-hybridized carbons (Fsp3) is 0.417. The van der Waals surface area contributed by atoms with Gasteiger partial charge >= 0.3 is 0 Å². The van der Waals surface area contributed by atoms with E-state index in [4.69, 9.17) is 10.5 Å². The second-order valence-corrected chi connectivity index (χ2v) is 3.88. The van der Waals surface area contributed by atoms with Gasteiger partial charge in [-0.15, -0.1) is 0 Å². The standard InChI is InChI=1S/C12H17N3O/c1-2-3-6-16-8-12-10-5-4-9(13)7-11(10)14-15-12/h4-5,7H,2-3,6,8,13H2,1H3,(H,14,15). The molecule has 0 bridgehead atoms. The van der Waals surface area contributed by atoms with E-state index in [-0.39, 0.29) is 0 Å². The molecular weight excluding hydrogens is 202 g/mol. The molecule has 1 aromatic heterocycles. The molecule has 0 aliphatic heterocycles. The van der Waals surface area contributed by atoms with Gasteiger partial charge in [0.15, 0.2) is 0 Å². The molecule has 4 heteroatoms. The summed E-state index contributed by atoms with van der Waals surface area (Å²) in [5.74, 6) is 0. The van der Waals surface area contributed by atoms with Gasteiger partial charge < -0.3 is 10.5 Å². The van der Waals surface area contributed by atoms with Crippen LogP contribution in [0.5, 0.6) is 0 Å². The van der Waals surface area contributed by atoms with E-state index in [0.29, 0.717) is 6.61 Å². The number of ether oxygens (including phenoxy) is 1. The summed E-state index contributed by atoms with van der Waals surface area (Å²) < 4.78 is 5.55. The first-order chi connectivity index (χ1) is 7.81. The van der Waals surface area contributed by atoms with Crippen LogP contribution in [0, 0.1) is 0 Å². The van der Waals surface area contributed by atoms with Gasteiger partial charge in [-0.2, -0.15) is 5.10 Å². The second-order valence-electron chi connectivity index (χ2n) is 3.88. The number of benzene rings is 1. The van der Waals surface area contributed by atoms with E-state index in [2.05, 4.69) is 17.1 Å². The molecule has 3 N–H and O–H groups in total. The summed E-state index contributed by atoms with van der Waals surface area (Å²) >= 11 is 0. The van der Waals surface area contributed by atoms with Crippen molar-refractivity contribution in [2.45, 2.75) is 26.4 Å². The number of H-pyrrole nitrogens is 1. The van der Waals surface area contributed by atoms with Crippen molar-refractivity contribution in [2.24, 2.45) is 0 Å². The van der Waals surface area contributed by atoms with Crippen molar-refractivity contribution in [1.29, 1.82) is 0 Å². The van der Waals surface area contributed by atoms with E-state index in [1.54, 1.807) is 0 Å². The topological polar surface area (TPSA) is 63.9 Å². The smallest absolute Gasteiger partial charge is 0.0945 e. The molecule has 86 valence electrons. The molecule has 2 aromatic rings. The molecule has 0 fully saturated rings. The first kappa shape index (κ1) is 11.0. The Labute approximate surface area is 94.8 Å². The van der Waals surface area contributed by atoms with Crippen LogP contribution >= 0.6 is 0 Å². The Morgan fingerprint density at radius 1 is 1.44 bits per heavy atom. The van der Waals surface area contributed by atoms with Crippen LogP contribution in [0.25, 0.3) is 10.9 Å². The van der Waals surface area contributed by atoms with Crippen molar-refractivity contribution in [3.63, 3.8) is 0 Å². The van der Waals surface area contributed by atoms with Gasteiger partial charge in [0.2, 0.25) is 0 Å². The Morgan fingerprint density at radius 2 is 2.31 bits per heavy atom. The molecule has 0 radical (unpaired) electrons. The lowest BCUT2D eigenvalue weighted by atomic mass is 10.2. The molecule has 0 saturated carbocycles. The summed E-state index contributed by atoms with van der Waals surface area (Å²) in [6.07, 6.45) is 2.25. The Balaban J connectivity index is 2.07. The van der Waals surface area contributed by atoms with Crippen LogP contribution in [-0.4, -0.2) is 16.8 Å². The van der Waals surface area contributed by atoms with Crippen LogP contribution in [0.1, 0.15) is 25.5 Å². The number of nitrogens with one attached hydrogen (secondary N) is 1. The molecule has 0 spiro atoms. The lowest BCUT2D eigenvalue weighted by Gasteiger charge is -2.01. The van der Waals surface area contributed by atoms with Gasteiger partial charge in [0, 0.05) is 17.7 Å². The van der Waals surface area contributed by atoms with E-state index in [9.17, 15) is 0 Å². The third-order valence-corrected chi connectivity index (χ3v) is 2.55. The average molecular weight is 219 g/mol. The van der Waals surface area contributed by atoms with Crippen molar-refractivity contribution >= 4 is 16.6 Å². The van der Waals surface area contributed by atoms with Crippen LogP contribution in [0.15, 0.2) is 18.2 Å². The Morgan fingerprint density at radius 3 is 3.12 bits per heavy atom. The molecule has 0 aliphatic carbocycles. The van der Waals surface area contributed by atoms with E-state index in [1.165, 1.54) is 0 Å². The number of aromatic nitrogens is 2. The lowest BCUT2D eigenvalue weighted by molar-refractivity contribution is 0.116. The van der Waals surface area contributed by atoms with Crippen LogP contribution < -0.4 is 5.73 Å². The summed E-state index contributed by atoms with van der Waals surface area (Å²) in [6.45, 7) is 3.53. The number of hydrogen-bond acceptors (Lipinski definition) is 3. The molecule has 1 aromatic carbocycles. The molecule has 0 unspecified atom stereocenters. The number of anilines is 1. The first-order valence-corrected chi connectivity index (χ1v) is 5.61. The third-order valence-electron chi connectivity index (χ3n) is 2.55. The zero-order valence-corrected chi connectivity index (χ0v) is 9.49. The van der Waals surface area contributed by atoms with Gasteiger partial charge in [0.25, 0.3) is 0 Å². The minimum Gasteiger partial charge on any atom is -0.399 e. The number of nitrogen functional groups attached to an aromatic ring is 1. The predicted octanol–water partition coefficient (Wildman–Crippen LogP) is 2.46. The Hall–Kier alpha value is -1.55. The molecule has 1 heterocycles. The number of nitrogens with two attached hydrogens (primary N) is 1. The van der Waals surface area contributed by atoms with Gasteiger partial charge in [-0.1, -0.05) is 13.3 Å². The van der Waals surface area contributed by atoms with Crippen LogP contribution in [0.3, 0.4) is 0 Å². The van der Waals surface area contributed by atoms with E-state index in [1.807, 2.05) is 18.2 Å². The average Bonchev–Trinajstić information content (AvgIpc) is 2.67. The van der Waals surface area contributed by atoms with Gasteiger partial charge in [0.05, 0.1) is 17.8 Å². The van der Waals surface area contributed by atoms with Crippen LogP contribution in [-0.2, 0) is 11.3 Å². The SMILES string of the molecule is CCCCOCc1[nH]nc2cc(N)ccc12. The maximum Gasteiger partial charge on any atom is 0.0945 e. The number of hydrogen-bond donors (Lipinski definition) is 2. The molecule has 0 amide bonds. The highest BCUT2D eigenvalue weighted by molar-refractivity contribution is 5.84. The highest BCUT2D eigenvalue weighted by Gasteiger charge is 2.04. The fourth-order valence-electron chi connectivity index (χ4n) is 1.61. The van der Waals surface area contributed by atoms with Crippen molar-refractivity contribution in [3.8, 4) is 0 Å². The largest absolute Gasteiger partial charge is 0.399 e. The Bertz CT molecular complexity index is 464. The lowest BCUT2D eigenvalue weighted by Crippen LogP contribution is -1.95. The number of aromatic amines is 1. The van der Waals surface area contributed by atoms with Crippen LogP contribution in [0.2, 0.25) is 0 Å². The summed E-state index contributed by atoms with van der Waals surface area (Å²) in [6, 6.07) is 5.72. The summed E-state index contributed by atoms with van der Waals surface area (Å²) in [4.78, 5) is 0. The van der Waals surface area contributed by atoms with E-state index >= 15 is 0 Å². The summed E-state index contributed by atoms with van der Waals surface area (Å²) in [5.41, 5.74) is 8.34. The minimum atomic E-state index is 0.584. The van der Waals surface area contributed by atoms with Gasteiger partial charge in [-0.3, -0.25) is 5.10 Å². The highest BCUT2D eigenvalue weighted by atomic mass is 16.5. The van der Waals surface area contributed by atoms with Crippen molar-refractivity contribution in [1.82, 2.24) is 10.2 Å². The van der Waals surface area contributed by atoms with Gasteiger partial charge in [-0.05, 0) is 24.6 Å². The van der Waals surface area contributed by atoms with Crippen molar-refractivity contribution in [2.75, 3.05) is 12.3 Å². The third kappa shape index (κ3) is 2.33. The normalized spacial score (nSPS) is 11.1. The Kier molecular flexibility index (Phi) is 3.41. The van der Waals surface area contributed by atoms with Crippen molar-refractivity contribution in [3.05, 3.63) is 23.9 Å². The number of rotatable bonds is 5. The fourth-order valence-corrected chi connectivity index (χ4v) is 1.61. The monoisotopic (exact) mass is 219 g/mol. The minimum absolute atomic E-state index is 0.584. The maximum absolute atomic E-state index is 5.69. The van der Waals surface area contributed by atoms with Gasteiger partial charge in [-0.25, -0.2) is 0 Å². The molecule has 4 nitrogen and oxygen atoms in total. The van der Waals surface area contributed by atoms with Crippen LogP contribution in [0.4, 0.5) is 5.69 Å². The molecule has 0 aliphatic rings. The molecule has 2 rings (SSSR count). The zero-order chi connectivity index (χ0) is 11.4. The number of unbranched alkanes of at least 4 members (excludes halogenated alkanes) is 1. The maximum atomic E-state index is 5.69. The second kappa shape index (κ2) is 4.99. The predicted molar refractivity (Wildman–Crippen MR) is 65.1 cm³/mol. The van der Waals surface area contributed by atoms with Gasteiger partial charge in [0.1, 0.15) is 0 Å².